The zero-order chi connectivity index (χ0) is 29.8. The van der Waals surface area contributed by atoms with E-state index in [1.54, 1.807) is 0 Å². The first kappa shape index (κ1) is 26.7. The van der Waals surface area contributed by atoms with Crippen LogP contribution in [0.1, 0.15) is 61.1 Å². The largest absolute Gasteiger partial charge is 0.334 e. The van der Waals surface area contributed by atoms with Gasteiger partial charge < -0.3 is 4.90 Å². The topological polar surface area (TPSA) is 3.24 Å². The highest BCUT2D eigenvalue weighted by atomic mass is 15.2. The normalized spacial score (nSPS) is 17.1. The Morgan fingerprint density at radius 3 is 2.30 bits per heavy atom. The summed E-state index contributed by atoms with van der Waals surface area (Å²) in [5.74, 6) is 0. The van der Waals surface area contributed by atoms with Crippen LogP contribution in [0.15, 0.2) is 133 Å². The number of hydrogen-bond donors (Lipinski definition) is 0. The molecule has 1 aliphatic heterocycles. The van der Waals surface area contributed by atoms with Crippen molar-refractivity contribution in [2.75, 3.05) is 4.90 Å². The van der Waals surface area contributed by atoms with Crippen molar-refractivity contribution in [3.8, 4) is 22.3 Å². The summed E-state index contributed by atoms with van der Waals surface area (Å²) in [6.45, 7) is 7.10. The van der Waals surface area contributed by atoms with Gasteiger partial charge in [-0.05, 0) is 91.9 Å². The Morgan fingerprint density at radius 1 is 0.705 bits per heavy atom. The fourth-order valence-corrected chi connectivity index (χ4v) is 7.88. The van der Waals surface area contributed by atoms with Gasteiger partial charge in [0.1, 0.15) is 0 Å². The van der Waals surface area contributed by atoms with Crippen molar-refractivity contribution in [1.29, 1.82) is 0 Å². The standard InChI is InChI=1S/C43H37N/c1-4-39-34-22-9-8-17-30(34)18-13-24-36-40(44(39)33-21-12-19-31(27-33)29-15-6-5-7-16-29)28-32-20-14-26-38-41(32)42(36)35-23-10-11-25-37(35)43(38,2)3/h5-23,25-28,39H,4,24H2,1-3H3/b18-13-/t39-/m1/s1. The number of hydrogen-bond acceptors (Lipinski definition) is 1. The monoisotopic (exact) mass is 567 g/mol. The molecule has 1 heterocycles. The van der Waals surface area contributed by atoms with Gasteiger partial charge in [0.2, 0.25) is 0 Å². The lowest BCUT2D eigenvalue weighted by Gasteiger charge is -2.40. The SMILES string of the molecule is CC[C@@H]1c2ccccc2/C=C\Cc2c(cc3cccc4c3c2-c2ccccc2C4(C)C)N1c1cccc(-c2ccccc2)c1. The van der Waals surface area contributed by atoms with Crippen LogP contribution in [0.25, 0.3) is 39.1 Å². The van der Waals surface area contributed by atoms with Crippen molar-refractivity contribution >= 4 is 28.2 Å². The number of anilines is 2. The average Bonchev–Trinajstić information content (AvgIpc) is 3.13. The van der Waals surface area contributed by atoms with Crippen LogP contribution in [0.4, 0.5) is 11.4 Å². The van der Waals surface area contributed by atoms with Crippen LogP contribution in [-0.4, -0.2) is 0 Å². The number of allylic oxidation sites excluding steroid dienone is 1. The molecule has 1 atom stereocenters. The number of rotatable bonds is 3. The van der Waals surface area contributed by atoms with Gasteiger partial charge in [0, 0.05) is 16.8 Å². The molecule has 6 aromatic rings. The van der Waals surface area contributed by atoms with Crippen LogP contribution in [-0.2, 0) is 11.8 Å². The fraction of sp³-hybridized carbons (Fsp3) is 0.163. The molecular formula is C43H37N. The summed E-state index contributed by atoms with van der Waals surface area (Å²) < 4.78 is 0. The van der Waals surface area contributed by atoms with E-state index in [9.17, 15) is 0 Å². The first-order valence-corrected chi connectivity index (χ1v) is 16.0. The number of nitrogens with zero attached hydrogens (tertiary/aromatic N) is 1. The lowest BCUT2D eigenvalue weighted by atomic mass is 9.67. The van der Waals surface area contributed by atoms with Crippen molar-refractivity contribution in [2.45, 2.75) is 45.1 Å². The van der Waals surface area contributed by atoms with Gasteiger partial charge >= 0.3 is 0 Å². The van der Waals surface area contributed by atoms with Crippen LogP contribution in [0.3, 0.4) is 0 Å². The van der Waals surface area contributed by atoms with Crippen molar-refractivity contribution in [1.82, 2.24) is 0 Å². The zero-order valence-electron chi connectivity index (χ0n) is 25.7. The molecule has 0 amide bonds. The molecule has 0 unspecified atom stereocenters. The molecule has 0 radical (unpaired) electrons. The summed E-state index contributed by atoms with van der Waals surface area (Å²) in [6, 6.07) is 47.6. The summed E-state index contributed by atoms with van der Waals surface area (Å²) >= 11 is 0. The highest BCUT2D eigenvalue weighted by Gasteiger charge is 2.36. The molecule has 214 valence electrons. The van der Waals surface area contributed by atoms with Crippen molar-refractivity contribution in [2.24, 2.45) is 0 Å². The third-order valence-electron chi connectivity index (χ3n) is 9.96. The summed E-state index contributed by atoms with van der Waals surface area (Å²) in [6.07, 6.45) is 6.59. The Kier molecular flexibility index (Phi) is 6.31. The van der Waals surface area contributed by atoms with E-state index in [-0.39, 0.29) is 11.5 Å². The molecule has 0 aromatic heterocycles. The minimum absolute atomic E-state index is 0.0718. The summed E-state index contributed by atoms with van der Waals surface area (Å²) in [5.41, 5.74) is 14.6. The number of fused-ring (bicyclic) bond motifs is 5. The van der Waals surface area contributed by atoms with Crippen molar-refractivity contribution < 1.29 is 0 Å². The maximum atomic E-state index is 2.65. The highest BCUT2D eigenvalue weighted by molar-refractivity contribution is 6.08. The van der Waals surface area contributed by atoms with Crippen LogP contribution in [0.2, 0.25) is 0 Å². The summed E-state index contributed by atoms with van der Waals surface area (Å²) in [4.78, 5) is 2.65. The summed E-state index contributed by atoms with van der Waals surface area (Å²) in [7, 11) is 0. The first-order chi connectivity index (χ1) is 21.6. The minimum Gasteiger partial charge on any atom is -0.334 e. The first-order valence-electron chi connectivity index (χ1n) is 16.0. The molecule has 2 aliphatic rings. The van der Waals surface area contributed by atoms with Crippen LogP contribution < -0.4 is 4.90 Å². The molecule has 0 saturated carbocycles. The number of benzene rings is 6. The quantitative estimate of drug-likeness (QED) is 0.206. The van der Waals surface area contributed by atoms with E-state index in [2.05, 4.69) is 165 Å². The second kappa shape index (κ2) is 10.4. The maximum Gasteiger partial charge on any atom is 0.0594 e. The lowest BCUT2D eigenvalue weighted by Crippen LogP contribution is -2.27. The lowest BCUT2D eigenvalue weighted by molar-refractivity contribution is 0.644. The van der Waals surface area contributed by atoms with E-state index in [1.165, 1.54) is 72.2 Å². The zero-order valence-corrected chi connectivity index (χ0v) is 25.7. The van der Waals surface area contributed by atoms with E-state index >= 15 is 0 Å². The average molecular weight is 568 g/mol. The van der Waals surface area contributed by atoms with Gasteiger partial charge in [0.25, 0.3) is 0 Å². The van der Waals surface area contributed by atoms with Gasteiger partial charge in [-0.15, -0.1) is 0 Å². The van der Waals surface area contributed by atoms with Gasteiger partial charge in [-0.3, -0.25) is 0 Å². The maximum absolute atomic E-state index is 2.65. The van der Waals surface area contributed by atoms with Gasteiger partial charge in [-0.2, -0.15) is 0 Å². The highest BCUT2D eigenvalue weighted by Crippen LogP contribution is 2.53. The molecule has 6 aromatic carbocycles. The minimum atomic E-state index is -0.0718. The van der Waals surface area contributed by atoms with E-state index in [1.807, 2.05) is 0 Å². The van der Waals surface area contributed by atoms with E-state index < -0.39 is 0 Å². The molecule has 44 heavy (non-hydrogen) atoms. The second-order valence-corrected chi connectivity index (χ2v) is 12.8. The third-order valence-corrected chi connectivity index (χ3v) is 9.96. The molecule has 1 nitrogen and oxygen atoms in total. The van der Waals surface area contributed by atoms with Crippen molar-refractivity contribution in [3.05, 3.63) is 161 Å². The Morgan fingerprint density at radius 2 is 1.43 bits per heavy atom. The second-order valence-electron chi connectivity index (χ2n) is 12.8. The molecule has 8 rings (SSSR count). The summed E-state index contributed by atoms with van der Waals surface area (Å²) in [5, 5.41) is 2.72. The Hall–Kier alpha value is -4.88. The third kappa shape index (κ3) is 4.07. The molecule has 0 N–H and O–H groups in total. The molecule has 1 heteroatoms. The Bertz CT molecular complexity index is 2060. The van der Waals surface area contributed by atoms with Gasteiger partial charge in [-0.1, -0.05) is 142 Å². The van der Waals surface area contributed by atoms with Crippen molar-refractivity contribution in [3.63, 3.8) is 0 Å². The fourth-order valence-electron chi connectivity index (χ4n) is 7.88. The molecule has 1 aliphatic carbocycles. The molecule has 0 saturated heterocycles. The Labute approximate surface area is 261 Å². The van der Waals surface area contributed by atoms with Crippen LogP contribution in [0.5, 0.6) is 0 Å². The van der Waals surface area contributed by atoms with Gasteiger partial charge in [-0.25, -0.2) is 0 Å². The van der Waals surface area contributed by atoms with E-state index in [0.29, 0.717) is 0 Å². The predicted octanol–water partition coefficient (Wildman–Crippen LogP) is 11.7. The van der Waals surface area contributed by atoms with Gasteiger partial charge in [0.05, 0.1) is 6.04 Å². The molecule has 0 spiro atoms. The molecule has 0 bridgehead atoms. The Balaban J connectivity index is 1.48. The van der Waals surface area contributed by atoms with Gasteiger partial charge in [0.15, 0.2) is 0 Å². The van der Waals surface area contributed by atoms with E-state index in [0.717, 1.165) is 12.8 Å². The van der Waals surface area contributed by atoms with E-state index in [4.69, 9.17) is 0 Å². The molecular weight excluding hydrogens is 530 g/mol. The smallest absolute Gasteiger partial charge is 0.0594 e. The molecule has 0 fully saturated rings. The van der Waals surface area contributed by atoms with Crippen LogP contribution >= 0.6 is 0 Å². The predicted molar refractivity (Wildman–Crippen MR) is 188 cm³/mol. The van der Waals surface area contributed by atoms with Crippen LogP contribution in [0, 0.1) is 0 Å².